The largest absolute Gasteiger partial charge is 0.417 e. The SMILES string of the molecule is CCNC(=O)CCN1CCC(O)(C(F)(F)F)CC1. The van der Waals surface area contributed by atoms with Gasteiger partial charge in [-0.15, -0.1) is 0 Å². The van der Waals surface area contributed by atoms with Crippen LogP contribution in [-0.2, 0) is 4.79 Å². The molecule has 18 heavy (non-hydrogen) atoms. The van der Waals surface area contributed by atoms with Crippen molar-refractivity contribution in [3.05, 3.63) is 0 Å². The zero-order valence-electron chi connectivity index (χ0n) is 10.4. The summed E-state index contributed by atoms with van der Waals surface area (Å²) in [6, 6.07) is 0. The Morgan fingerprint density at radius 2 is 1.94 bits per heavy atom. The lowest BCUT2D eigenvalue weighted by Crippen LogP contribution is -2.53. The monoisotopic (exact) mass is 268 g/mol. The summed E-state index contributed by atoms with van der Waals surface area (Å²) in [7, 11) is 0. The normalized spacial score (nSPS) is 20.7. The predicted molar refractivity (Wildman–Crippen MR) is 60.0 cm³/mol. The first kappa shape index (κ1) is 15.2. The fourth-order valence-corrected chi connectivity index (χ4v) is 1.98. The first-order valence-electron chi connectivity index (χ1n) is 6.06. The molecule has 4 nitrogen and oxygen atoms in total. The van der Waals surface area contributed by atoms with Crippen LogP contribution in [0.2, 0.25) is 0 Å². The Labute approximate surface area is 104 Å². The van der Waals surface area contributed by atoms with E-state index in [2.05, 4.69) is 5.32 Å². The number of halogens is 3. The number of amides is 1. The number of piperidine rings is 1. The van der Waals surface area contributed by atoms with Gasteiger partial charge < -0.3 is 15.3 Å². The third kappa shape index (κ3) is 3.84. The fourth-order valence-electron chi connectivity index (χ4n) is 1.98. The minimum Gasteiger partial charge on any atom is -0.380 e. The van der Waals surface area contributed by atoms with Crippen molar-refractivity contribution in [2.75, 3.05) is 26.2 Å². The Bertz CT molecular complexity index is 287. The molecule has 1 rings (SSSR count). The van der Waals surface area contributed by atoms with Crippen LogP contribution < -0.4 is 5.32 Å². The van der Waals surface area contributed by atoms with E-state index >= 15 is 0 Å². The summed E-state index contributed by atoms with van der Waals surface area (Å²) in [6.07, 6.45) is -4.95. The number of carbonyl (C=O) groups excluding carboxylic acids is 1. The maximum absolute atomic E-state index is 12.5. The Kier molecular flexibility index (Phi) is 4.98. The lowest BCUT2D eigenvalue weighted by atomic mass is 9.91. The number of aliphatic hydroxyl groups is 1. The van der Waals surface area contributed by atoms with Crippen LogP contribution in [0, 0.1) is 0 Å². The maximum atomic E-state index is 12.5. The Morgan fingerprint density at radius 3 is 2.39 bits per heavy atom. The molecule has 2 N–H and O–H groups in total. The van der Waals surface area contributed by atoms with Gasteiger partial charge in [-0.3, -0.25) is 4.79 Å². The van der Waals surface area contributed by atoms with Crippen LogP contribution >= 0.6 is 0 Å². The van der Waals surface area contributed by atoms with Crippen molar-refractivity contribution >= 4 is 5.91 Å². The van der Waals surface area contributed by atoms with Crippen molar-refractivity contribution in [3.8, 4) is 0 Å². The van der Waals surface area contributed by atoms with Crippen LogP contribution in [0.25, 0.3) is 0 Å². The highest BCUT2D eigenvalue weighted by atomic mass is 19.4. The molecule has 0 unspecified atom stereocenters. The molecule has 7 heteroatoms. The number of nitrogens with one attached hydrogen (secondary N) is 1. The lowest BCUT2D eigenvalue weighted by Gasteiger charge is -2.39. The Hall–Kier alpha value is -0.820. The van der Waals surface area contributed by atoms with Crippen LogP contribution in [0.3, 0.4) is 0 Å². The van der Waals surface area contributed by atoms with Crippen LogP contribution in [-0.4, -0.2) is 53.9 Å². The van der Waals surface area contributed by atoms with E-state index in [1.54, 1.807) is 4.90 Å². The Balaban J connectivity index is 2.34. The molecule has 1 aliphatic rings. The van der Waals surface area contributed by atoms with Crippen LogP contribution in [0.5, 0.6) is 0 Å². The molecule has 0 aromatic rings. The molecule has 1 aliphatic heterocycles. The molecule has 0 saturated carbocycles. The third-order valence-corrected chi connectivity index (χ3v) is 3.24. The standard InChI is InChI=1S/C11H19F3N2O2/c1-2-15-9(17)3-6-16-7-4-10(18,5-8-16)11(12,13)14/h18H,2-8H2,1H3,(H,15,17). The number of alkyl halides is 3. The van der Waals surface area contributed by atoms with Gasteiger partial charge in [0.05, 0.1) is 0 Å². The van der Waals surface area contributed by atoms with Crippen molar-refractivity contribution in [2.45, 2.75) is 38.0 Å². The first-order valence-corrected chi connectivity index (χ1v) is 6.06. The van der Waals surface area contributed by atoms with E-state index in [4.69, 9.17) is 0 Å². The zero-order chi connectivity index (χ0) is 13.8. The number of nitrogens with zero attached hydrogens (tertiary/aromatic N) is 1. The number of hydrogen-bond donors (Lipinski definition) is 2. The highest BCUT2D eigenvalue weighted by Gasteiger charge is 2.54. The second-order valence-electron chi connectivity index (χ2n) is 4.57. The van der Waals surface area contributed by atoms with Crippen molar-refractivity contribution in [3.63, 3.8) is 0 Å². The second kappa shape index (κ2) is 5.88. The summed E-state index contributed by atoms with van der Waals surface area (Å²) in [5.41, 5.74) is -2.56. The van der Waals surface area contributed by atoms with Crippen molar-refractivity contribution in [1.82, 2.24) is 10.2 Å². The van der Waals surface area contributed by atoms with Crippen molar-refractivity contribution < 1.29 is 23.1 Å². The van der Waals surface area contributed by atoms with E-state index in [9.17, 15) is 23.1 Å². The summed E-state index contributed by atoms with van der Waals surface area (Å²) in [5, 5.41) is 12.1. The molecular weight excluding hydrogens is 249 g/mol. The number of rotatable bonds is 4. The topological polar surface area (TPSA) is 52.6 Å². The quantitative estimate of drug-likeness (QED) is 0.796. The van der Waals surface area contributed by atoms with Crippen molar-refractivity contribution in [1.29, 1.82) is 0 Å². The van der Waals surface area contributed by atoms with Gasteiger partial charge in [-0.1, -0.05) is 0 Å². The third-order valence-electron chi connectivity index (χ3n) is 3.24. The molecule has 1 fully saturated rings. The van der Waals surface area contributed by atoms with Crippen LogP contribution in [0.4, 0.5) is 13.2 Å². The average Bonchev–Trinajstić information content (AvgIpc) is 2.27. The number of hydrogen-bond acceptors (Lipinski definition) is 3. The molecule has 1 heterocycles. The van der Waals surface area contributed by atoms with Gasteiger partial charge in [-0.25, -0.2) is 0 Å². The molecule has 1 amide bonds. The molecule has 0 spiro atoms. The molecule has 0 aromatic carbocycles. The predicted octanol–water partition coefficient (Wildman–Crippen LogP) is 0.902. The lowest BCUT2D eigenvalue weighted by molar-refractivity contribution is -0.272. The molecule has 0 aromatic heterocycles. The molecule has 0 atom stereocenters. The minimum absolute atomic E-state index is 0.103. The molecule has 0 radical (unpaired) electrons. The first-order chi connectivity index (χ1) is 8.28. The molecule has 0 aliphatic carbocycles. The van der Waals surface area contributed by atoms with E-state index in [0.717, 1.165) is 0 Å². The average molecular weight is 268 g/mol. The smallest absolute Gasteiger partial charge is 0.380 e. The summed E-state index contributed by atoms with van der Waals surface area (Å²) < 4.78 is 37.6. The van der Waals surface area contributed by atoms with E-state index in [1.165, 1.54) is 0 Å². The van der Waals surface area contributed by atoms with Gasteiger partial charge in [-0.2, -0.15) is 13.2 Å². The van der Waals surface area contributed by atoms with Crippen LogP contribution in [0.1, 0.15) is 26.2 Å². The van der Waals surface area contributed by atoms with Gasteiger partial charge in [0.1, 0.15) is 0 Å². The summed E-state index contributed by atoms with van der Waals surface area (Å²) >= 11 is 0. The van der Waals surface area contributed by atoms with E-state index in [0.29, 0.717) is 13.1 Å². The van der Waals surface area contributed by atoms with E-state index < -0.39 is 11.8 Å². The van der Waals surface area contributed by atoms with Gasteiger partial charge in [0, 0.05) is 32.6 Å². The highest BCUT2D eigenvalue weighted by Crippen LogP contribution is 2.38. The molecular formula is C11H19F3N2O2. The summed E-state index contributed by atoms with van der Waals surface area (Å²) in [4.78, 5) is 13.0. The maximum Gasteiger partial charge on any atom is 0.417 e. The van der Waals surface area contributed by atoms with Gasteiger partial charge >= 0.3 is 6.18 Å². The van der Waals surface area contributed by atoms with Crippen LogP contribution in [0.15, 0.2) is 0 Å². The second-order valence-corrected chi connectivity index (χ2v) is 4.57. The highest BCUT2D eigenvalue weighted by molar-refractivity contribution is 5.75. The van der Waals surface area contributed by atoms with E-state index in [-0.39, 0.29) is 38.3 Å². The molecule has 106 valence electrons. The number of carbonyl (C=O) groups is 1. The van der Waals surface area contributed by atoms with Gasteiger partial charge in [0.25, 0.3) is 0 Å². The number of likely N-dealkylation sites (tertiary alicyclic amines) is 1. The molecule has 1 saturated heterocycles. The summed E-state index contributed by atoms with van der Waals surface area (Å²) in [5.74, 6) is -0.103. The van der Waals surface area contributed by atoms with E-state index in [1.807, 2.05) is 6.92 Å². The van der Waals surface area contributed by atoms with Gasteiger partial charge in [0.15, 0.2) is 5.60 Å². The van der Waals surface area contributed by atoms with Gasteiger partial charge in [-0.05, 0) is 19.8 Å². The molecule has 0 bridgehead atoms. The fraction of sp³-hybridized carbons (Fsp3) is 0.909. The van der Waals surface area contributed by atoms with Gasteiger partial charge in [0.2, 0.25) is 5.91 Å². The minimum atomic E-state index is -4.57. The van der Waals surface area contributed by atoms with Crippen molar-refractivity contribution in [2.24, 2.45) is 0 Å². The Morgan fingerprint density at radius 1 is 1.39 bits per heavy atom. The summed E-state index contributed by atoms with van der Waals surface area (Å²) in [6.45, 7) is 3.11. The zero-order valence-corrected chi connectivity index (χ0v) is 10.4.